The third-order valence-electron chi connectivity index (χ3n) is 5.40. The minimum absolute atomic E-state index is 0.200. The summed E-state index contributed by atoms with van der Waals surface area (Å²) in [7, 11) is -3.72. The third kappa shape index (κ3) is 4.11. The molecular weight excluding hydrogens is 416 g/mol. The highest BCUT2D eigenvalue weighted by Crippen LogP contribution is 2.28. The molecule has 1 fully saturated rings. The van der Waals surface area contributed by atoms with Crippen LogP contribution >= 0.6 is 0 Å². The quantitative estimate of drug-likeness (QED) is 0.645. The molecule has 31 heavy (non-hydrogen) atoms. The molecule has 0 saturated carbocycles. The lowest BCUT2D eigenvalue weighted by atomic mass is 10.2. The van der Waals surface area contributed by atoms with E-state index in [2.05, 4.69) is 29.5 Å². The number of hydrogen-bond donors (Lipinski definition) is 1. The summed E-state index contributed by atoms with van der Waals surface area (Å²) >= 11 is 0. The highest BCUT2D eigenvalue weighted by atomic mass is 32.2. The van der Waals surface area contributed by atoms with E-state index in [1.807, 2.05) is 18.2 Å². The molecule has 1 N–H and O–H groups in total. The van der Waals surface area contributed by atoms with Crippen molar-refractivity contribution in [2.75, 3.05) is 47.3 Å². The first-order chi connectivity index (χ1) is 15.1. The molecule has 4 heterocycles. The second-order valence-corrected chi connectivity index (χ2v) is 9.09. The zero-order chi connectivity index (χ0) is 21.3. The lowest BCUT2D eigenvalue weighted by molar-refractivity contribution is 0.356. The van der Waals surface area contributed by atoms with Crippen molar-refractivity contribution in [1.82, 2.24) is 15.0 Å². The van der Waals surface area contributed by atoms with Gasteiger partial charge in [-0.1, -0.05) is 6.07 Å². The number of anilines is 3. The lowest BCUT2D eigenvalue weighted by Crippen LogP contribution is -2.47. The molecule has 0 atom stereocenters. The monoisotopic (exact) mass is 438 g/mol. The summed E-state index contributed by atoms with van der Waals surface area (Å²) in [5.41, 5.74) is 1.23. The molecule has 10 heteroatoms. The third-order valence-corrected chi connectivity index (χ3v) is 6.78. The SMILES string of the molecule is O=S(=O)(Nc1cnc(N2CCN(c3ccccn3)CC2)nc1)c1ccc2c(c1)CCO2. The first kappa shape index (κ1) is 19.6. The minimum Gasteiger partial charge on any atom is -0.493 e. The van der Waals surface area contributed by atoms with Crippen LogP contribution in [0.5, 0.6) is 5.75 Å². The van der Waals surface area contributed by atoms with Crippen LogP contribution in [-0.4, -0.2) is 56.2 Å². The van der Waals surface area contributed by atoms with Gasteiger partial charge in [-0.2, -0.15) is 0 Å². The summed E-state index contributed by atoms with van der Waals surface area (Å²) in [6, 6.07) is 10.8. The Kier molecular flexibility index (Phi) is 5.06. The van der Waals surface area contributed by atoms with Crippen LogP contribution in [-0.2, 0) is 16.4 Å². The number of ether oxygens (including phenoxy) is 1. The van der Waals surface area contributed by atoms with Crippen molar-refractivity contribution in [3.05, 3.63) is 60.6 Å². The zero-order valence-corrected chi connectivity index (χ0v) is 17.6. The summed E-state index contributed by atoms with van der Waals surface area (Å²) < 4.78 is 33.5. The molecule has 2 aliphatic rings. The van der Waals surface area contributed by atoms with Gasteiger partial charge in [-0.05, 0) is 35.9 Å². The number of rotatable bonds is 5. The van der Waals surface area contributed by atoms with Gasteiger partial charge in [0.15, 0.2) is 0 Å². The average molecular weight is 439 g/mol. The van der Waals surface area contributed by atoms with Crippen molar-refractivity contribution in [3.63, 3.8) is 0 Å². The maximum Gasteiger partial charge on any atom is 0.262 e. The van der Waals surface area contributed by atoms with Crippen molar-refractivity contribution in [1.29, 1.82) is 0 Å². The molecule has 3 aromatic rings. The smallest absolute Gasteiger partial charge is 0.262 e. The Bertz CT molecular complexity index is 1160. The first-order valence-corrected chi connectivity index (χ1v) is 11.6. The van der Waals surface area contributed by atoms with Gasteiger partial charge >= 0.3 is 0 Å². The Hall–Kier alpha value is -3.40. The number of pyridine rings is 1. The van der Waals surface area contributed by atoms with Gasteiger partial charge in [0.25, 0.3) is 10.0 Å². The molecule has 1 aromatic carbocycles. The molecule has 0 spiro atoms. The van der Waals surface area contributed by atoms with Gasteiger partial charge in [0.05, 0.1) is 29.6 Å². The van der Waals surface area contributed by atoms with Crippen molar-refractivity contribution >= 4 is 27.5 Å². The molecule has 0 bridgehead atoms. The van der Waals surface area contributed by atoms with Crippen molar-refractivity contribution in [3.8, 4) is 5.75 Å². The van der Waals surface area contributed by atoms with E-state index in [0.29, 0.717) is 24.7 Å². The zero-order valence-electron chi connectivity index (χ0n) is 16.8. The standard InChI is InChI=1S/C21H22N6O3S/c28-31(29,18-4-5-19-16(13-18)6-12-30-19)25-17-14-23-21(24-15-17)27-10-8-26(9-11-27)20-3-1-2-7-22-20/h1-5,7,13-15,25H,6,8-12H2. The second-order valence-electron chi connectivity index (χ2n) is 7.41. The van der Waals surface area contributed by atoms with Gasteiger partial charge in [-0.25, -0.2) is 23.4 Å². The average Bonchev–Trinajstić information content (AvgIpc) is 3.28. The lowest BCUT2D eigenvalue weighted by Gasteiger charge is -2.35. The van der Waals surface area contributed by atoms with Gasteiger partial charge in [0.2, 0.25) is 5.95 Å². The highest BCUT2D eigenvalue weighted by molar-refractivity contribution is 7.92. The minimum atomic E-state index is -3.72. The van der Waals surface area contributed by atoms with Crippen LogP contribution in [0.1, 0.15) is 5.56 Å². The normalized spacial score (nSPS) is 16.0. The summed E-state index contributed by atoms with van der Waals surface area (Å²) in [5.74, 6) is 2.29. The molecule has 1 saturated heterocycles. The van der Waals surface area contributed by atoms with Crippen LogP contribution in [0.15, 0.2) is 59.9 Å². The number of aromatic nitrogens is 3. The predicted molar refractivity (Wildman–Crippen MR) is 117 cm³/mol. The van der Waals surface area contributed by atoms with E-state index in [1.54, 1.807) is 24.4 Å². The number of hydrogen-bond acceptors (Lipinski definition) is 8. The van der Waals surface area contributed by atoms with Crippen LogP contribution in [0.4, 0.5) is 17.5 Å². The van der Waals surface area contributed by atoms with Crippen molar-refractivity contribution < 1.29 is 13.2 Å². The molecule has 0 amide bonds. The second kappa shape index (κ2) is 8.03. The van der Waals surface area contributed by atoms with E-state index in [9.17, 15) is 8.42 Å². The maximum atomic E-state index is 12.7. The molecular formula is C21H22N6O3S. The predicted octanol–water partition coefficient (Wildman–Crippen LogP) is 1.93. The number of sulfonamides is 1. The van der Waals surface area contributed by atoms with Gasteiger partial charge < -0.3 is 14.5 Å². The number of nitrogens with zero attached hydrogens (tertiary/aromatic N) is 5. The number of nitrogens with one attached hydrogen (secondary N) is 1. The Balaban J connectivity index is 1.23. The summed E-state index contributed by atoms with van der Waals surface area (Å²) in [5, 5.41) is 0. The van der Waals surface area contributed by atoms with Crippen molar-refractivity contribution in [2.24, 2.45) is 0 Å². The van der Waals surface area contributed by atoms with Crippen LogP contribution in [0.2, 0.25) is 0 Å². The molecule has 0 unspecified atom stereocenters. The Labute approximate surface area is 180 Å². The molecule has 0 aliphatic carbocycles. The molecule has 160 valence electrons. The number of piperazine rings is 1. The van der Waals surface area contributed by atoms with E-state index in [-0.39, 0.29) is 4.90 Å². The van der Waals surface area contributed by atoms with Crippen LogP contribution in [0.3, 0.4) is 0 Å². The van der Waals surface area contributed by atoms with E-state index < -0.39 is 10.0 Å². The van der Waals surface area contributed by atoms with E-state index >= 15 is 0 Å². The fourth-order valence-corrected chi connectivity index (χ4v) is 4.84. The summed E-state index contributed by atoms with van der Waals surface area (Å²) in [4.78, 5) is 17.6. The fourth-order valence-electron chi connectivity index (χ4n) is 3.76. The number of fused-ring (bicyclic) bond motifs is 1. The molecule has 2 aromatic heterocycles. The van der Waals surface area contributed by atoms with Gasteiger partial charge in [-0.15, -0.1) is 0 Å². The molecule has 0 radical (unpaired) electrons. The Morgan fingerprint density at radius 3 is 2.45 bits per heavy atom. The van der Waals surface area contributed by atoms with Crippen molar-refractivity contribution in [2.45, 2.75) is 11.3 Å². The molecule has 5 rings (SSSR count). The largest absolute Gasteiger partial charge is 0.493 e. The fraction of sp³-hybridized carbons (Fsp3) is 0.286. The Morgan fingerprint density at radius 1 is 0.935 bits per heavy atom. The van der Waals surface area contributed by atoms with E-state index in [4.69, 9.17) is 4.74 Å². The van der Waals surface area contributed by atoms with Gasteiger partial charge in [-0.3, -0.25) is 4.72 Å². The molecule has 9 nitrogen and oxygen atoms in total. The summed E-state index contributed by atoms with van der Waals surface area (Å²) in [6.07, 6.45) is 5.51. The van der Waals surface area contributed by atoms with Gasteiger partial charge in [0, 0.05) is 38.8 Å². The topological polar surface area (TPSA) is 101 Å². The molecule has 2 aliphatic heterocycles. The number of benzene rings is 1. The highest BCUT2D eigenvalue weighted by Gasteiger charge is 2.22. The van der Waals surface area contributed by atoms with Crippen LogP contribution in [0, 0.1) is 0 Å². The van der Waals surface area contributed by atoms with E-state index in [1.165, 1.54) is 12.4 Å². The maximum absolute atomic E-state index is 12.7. The first-order valence-electron chi connectivity index (χ1n) is 10.1. The van der Waals surface area contributed by atoms with Crippen LogP contribution in [0.25, 0.3) is 0 Å². The van der Waals surface area contributed by atoms with E-state index in [0.717, 1.165) is 43.3 Å². The summed E-state index contributed by atoms with van der Waals surface area (Å²) in [6.45, 7) is 3.74. The Morgan fingerprint density at radius 2 is 1.71 bits per heavy atom. The van der Waals surface area contributed by atoms with Gasteiger partial charge in [0.1, 0.15) is 11.6 Å². The van der Waals surface area contributed by atoms with Crippen LogP contribution < -0.4 is 19.3 Å².